The zero-order valence-corrected chi connectivity index (χ0v) is 9.89. The highest BCUT2D eigenvalue weighted by Gasteiger charge is 2.33. The number of benzene rings is 1. The summed E-state index contributed by atoms with van der Waals surface area (Å²) in [5, 5.41) is 10.7. The van der Waals surface area contributed by atoms with E-state index in [1.807, 2.05) is 0 Å². The molecule has 1 rings (SSSR count). The monoisotopic (exact) mass is 293 g/mol. The van der Waals surface area contributed by atoms with Crippen molar-refractivity contribution in [3.05, 3.63) is 33.9 Å². The van der Waals surface area contributed by atoms with E-state index < -0.39 is 46.7 Å². The van der Waals surface area contributed by atoms with Gasteiger partial charge in [-0.25, -0.2) is 0 Å². The predicted molar refractivity (Wildman–Crippen MR) is 60.8 cm³/mol. The largest absolute Gasteiger partial charge is 0.485 e. The van der Waals surface area contributed by atoms with Gasteiger partial charge in [0, 0.05) is 6.07 Å². The predicted octanol–water partition coefficient (Wildman–Crippen LogP) is 0.805. The number of carbonyl (C=O) groups is 1. The van der Waals surface area contributed by atoms with E-state index in [-0.39, 0.29) is 0 Å². The number of primary amides is 1. The first-order chi connectivity index (χ1) is 9.12. The third kappa shape index (κ3) is 3.82. The molecule has 0 saturated heterocycles. The molecule has 0 aliphatic carbocycles. The molecule has 0 aliphatic heterocycles. The lowest BCUT2D eigenvalue weighted by Crippen LogP contribution is -2.41. The second-order valence-electron chi connectivity index (χ2n) is 3.76. The summed E-state index contributed by atoms with van der Waals surface area (Å²) in [6.07, 6.45) is -4.72. The Balaban J connectivity index is 3.02. The average Bonchev–Trinajstić information content (AvgIpc) is 2.34. The number of halogens is 3. The number of rotatable bonds is 5. The molecule has 0 aromatic heterocycles. The van der Waals surface area contributed by atoms with Gasteiger partial charge in [-0.1, -0.05) is 0 Å². The van der Waals surface area contributed by atoms with Crippen molar-refractivity contribution >= 4 is 11.6 Å². The van der Waals surface area contributed by atoms with Gasteiger partial charge in [0.25, 0.3) is 0 Å². The SMILES string of the molecule is NC(=O)C(N)COc1ccc(C(F)(F)F)cc1[N+](=O)[O-]. The van der Waals surface area contributed by atoms with Crippen LogP contribution >= 0.6 is 0 Å². The molecule has 1 unspecified atom stereocenters. The van der Waals surface area contributed by atoms with Crippen LogP contribution in [-0.2, 0) is 11.0 Å². The Morgan fingerprint density at radius 1 is 1.45 bits per heavy atom. The van der Waals surface area contributed by atoms with Gasteiger partial charge < -0.3 is 16.2 Å². The van der Waals surface area contributed by atoms with Crippen LogP contribution in [0.25, 0.3) is 0 Å². The Labute approximate surface area is 110 Å². The summed E-state index contributed by atoms with van der Waals surface area (Å²) in [6, 6.07) is 0.523. The Morgan fingerprint density at radius 2 is 2.05 bits per heavy atom. The maximum Gasteiger partial charge on any atom is 0.416 e. The molecule has 110 valence electrons. The highest BCUT2D eigenvalue weighted by Crippen LogP contribution is 2.35. The number of nitro groups is 1. The van der Waals surface area contributed by atoms with Gasteiger partial charge in [0.15, 0.2) is 5.75 Å². The smallest absolute Gasteiger partial charge is 0.416 e. The van der Waals surface area contributed by atoms with E-state index in [9.17, 15) is 28.1 Å². The number of alkyl halides is 3. The molecule has 1 atom stereocenters. The normalized spacial score (nSPS) is 12.8. The number of carbonyl (C=O) groups excluding carboxylic acids is 1. The van der Waals surface area contributed by atoms with Crippen molar-refractivity contribution in [2.45, 2.75) is 12.2 Å². The van der Waals surface area contributed by atoms with Gasteiger partial charge in [-0.2, -0.15) is 13.2 Å². The molecular formula is C10H10F3N3O4. The standard InChI is InChI=1S/C10H10F3N3O4/c11-10(12,13)5-1-2-8(7(3-5)16(18)19)20-4-6(14)9(15)17/h1-3,6H,4,14H2,(H2,15,17). The maximum absolute atomic E-state index is 12.4. The molecule has 0 saturated carbocycles. The molecule has 7 nitrogen and oxygen atoms in total. The topological polar surface area (TPSA) is 121 Å². The number of nitrogens with zero attached hydrogens (tertiary/aromatic N) is 1. The summed E-state index contributed by atoms with van der Waals surface area (Å²) in [7, 11) is 0. The lowest BCUT2D eigenvalue weighted by atomic mass is 10.2. The van der Waals surface area contributed by atoms with Gasteiger partial charge in [-0.15, -0.1) is 0 Å². The summed E-state index contributed by atoms with van der Waals surface area (Å²) < 4.78 is 42.2. The van der Waals surface area contributed by atoms with Crippen LogP contribution in [-0.4, -0.2) is 23.5 Å². The van der Waals surface area contributed by atoms with Crippen LogP contribution in [0.2, 0.25) is 0 Å². The molecule has 4 N–H and O–H groups in total. The lowest BCUT2D eigenvalue weighted by molar-refractivity contribution is -0.386. The molecule has 0 heterocycles. The number of hydrogen-bond acceptors (Lipinski definition) is 5. The number of amides is 1. The van der Waals surface area contributed by atoms with Crippen molar-refractivity contribution in [2.24, 2.45) is 11.5 Å². The Bertz CT molecular complexity index is 533. The minimum absolute atomic E-state index is 0.338. The van der Waals surface area contributed by atoms with E-state index in [2.05, 4.69) is 0 Å². The molecule has 0 spiro atoms. The fourth-order valence-corrected chi connectivity index (χ4v) is 1.22. The van der Waals surface area contributed by atoms with Gasteiger partial charge >= 0.3 is 11.9 Å². The first-order valence-electron chi connectivity index (χ1n) is 5.16. The third-order valence-electron chi connectivity index (χ3n) is 2.27. The van der Waals surface area contributed by atoms with Crippen LogP contribution in [0.5, 0.6) is 5.75 Å². The van der Waals surface area contributed by atoms with Crippen LogP contribution in [0, 0.1) is 10.1 Å². The molecule has 0 aliphatic rings. The van der Waals surface area contributed by atoms with Crippen LogP contribution in [0.15, 0.2) is 18.2 Å². The fourth-order valence-electron chi connectivity index (χ4n) is 1.22. The molecule has 10 heteroatoms. The van der Waals surface area contributed by atoms with E-state index in [0.717, 1.165) is 6.07 Å². The van der Waals surface area contributed by atoms with Crippen molar-refractivity contribution in [1.82, 2.24) is 0 Å². The highest BCUT2D eigenvalue weighted by molar-refractivity contribution is 5.79. The number of nitro benzene ring substituents is 1. The summed E-state index contributed by atoms with van der Waals surface area (Å²) in [5.41, 5.74) is 8.03. The van der Waals surface area contributed by atoms with Crippen molar-refractivity contribution < 1.29 is 27.6 Å². The van der Waals surface area contributed by atoms with E-state index in [4.69, 9.17) is 16.2 Å². The number of nitrogens with two attached hydrogens (primary N) is 2. The van der Waals surface area contributed by atoms with E-state index >= 15 is 0 Å². The molecule has 0 bridgehead atoms. The summed E-state index contributed by atoms with van der Waals surface area (Å²) in [4.78, 5) is 20.3. The molecule has 1 aromatic rings. The van der Waals surface area contributed by atoms with Crippen LogP contribution in [0.4, 0.5) is 18.9 Å². The van der Waals surface area contributed by atoms with Crippen LogP contribution < -0.4 is 16.2 Å². The Hall–Kier alpha value is -2.36. The summed E-state index contributed by atoms with van der Waals surface area (Å²) in [5.74, 6) is -1.33. The minimum Gasteiger partial charge on any atom is -0.485 e. The van der Waals surface area contributed by atoms with Gasteiger partial charge in [-0.3, -0.25) is 14.9 Å². The van der Waals surface area contributed by atoms with Crippen LogP contribution in [0.1, 0.15) is 5.56 Å². The second kappa shape index (κ2) is 5.74. The van der Waals surface area contributed by atoms with E-state index in [1.54, 1.807) is 0 Å². The van der Waals surface area contributed by atoms with Crippen molar-refractivity contribution in [2.75, 3.05) is 6.61 Å². The second-order valence-corrected chi connectivity index (χ2v) is 3.76. The van der Waals surface area contributed by atoms with E-state index in [1.165, 1.54) is 0 Å². The van der Waals surface area contributed by atoms with Gasteiger partial charge in [-0.05, 0) is 12.1 Å². The highest BCUT2D eigenvalue weighted by atomic mass is 19.4. The summed E-state index contributed by atoms with van der Waals surface area (Å²) in [6.45, 7) is -0.485. The van der Waals surface area contributed by atoms with E-state index in [0.29, 0.717) is 12.1 Å². The van der Waals surface area contributed by atoms with Crippen molar-refractivity contribution in [3.8, 4) is 5.75 Å². The lowest BCUT2D eigenvalue weighted by Gasteiger charge is -2.12. The first-order valence-corrected chi connectivity index (χ1v) is 5.16. The minimum atomic E-state index is -4.72. The zero-order chi connectivity index (χ0) is 15.5. The Morgan fingerprint density at radius 3 is 2.50 bits per heavy atom. The molecule has 1 amide bonds. The molecule has 1 aromatic carbocycles. The molecule has 0 radical (unpaired) electrons. The zero-order valence-electron chi connectivity index (χ0n) is 9.89. The van der Waals surface area contributed by atoms with Gasteiger partial charge in [0.1, 0.15) is 12.6 Å². The van der Waals surface area contributed by atoms with Crippen LogP contribution in [0.3, 0.4) is 0 Å². The molecule has 20 heavy (non-hydrogen) atoms. The van der Waals surface area contributed by atoms with Crippen molar-refractivity contribution in [3.63, 3.8) is 0 Å². The number of hydrogen-bond donors (Lipinski definition) is 2. The first kappa shape index (κ1) is 15.7. The molecule has 0 fully saturated rings. The quantitative estimate of drug-likeness (QED) is 0.614. The van der Waals surface area contributed by atoms with Gasteiger partial charge in [0.05, 0.1) is 10.5 Å². The fraction of sp³-hybridized carbons (Fsp3) is 0.300. The average molecular weight is 293 g/mol. The van der Waals surface area contributed by atoms with Gasteiger partial charge in [0.2, 0.25) is 5.91 Å². The maximum atomic E-state index is 12.4. The third-order valence-corrected chi connectivity index (χ3v) is 2.27. The molecular weight excluding hydrogens is 283 g/mol. The summed E-state index contributed by atoms with van der Waals surface area (Å²) >= 11 is 0. The Kier molecular flexibility index (Phi) is 4.50. The van der Waals surface area contributed by atoms with Crippen molar-refractivity contribution in [1.29, 1.82) is 0 Å². The number of ether oxygens (including phenoxy) is 1.